The van der Waals surface area contributed by atoms with Crippen molar-refractivity contribution in [1.82, 2.24) is 4.90 Å². The second-order valence-electron chi connectivity index (χ2n) is 6.46. The van der Waals surface area contributed by atoms with Crippen molar-refractivity contribution in [2.24, 2.45) is 0 Å². The minimum Gasteiger partial charge on any atom is -0.454 e. The van der Waals surface area contributed by atoms with Crippen LogP contribution in [-0.4, -0.2) is 46.0 Å². The van der Waals surface area contributed by atoms with Crippen LogP contribution in [0, 0.1) is 0 Å². The molecule has 1 aromatic rings. The molecule has 2 aliphatic rings. The molecule has 0 unspecified atom stereocenters. The Kier molecular flexibility index (Phi) is 5.11. The molecule has 0 saturated carbocycles. The molecule has 0 spiro atoms. The van der Waals surface area contributed by atoms with Crippen LogP contribution in [0.4, 0.5) is 18.9 Å². The Morgan fingerprint density at radius 2 is 2.07 bits per heavy atom. The van der Waals surface area contributed by atoms with Crippen LogP contribution in [0.25, 0.3) is 0 Å². The van der Waals surface area contributed by atoms with E-state index in [0.717, 1.165) is 12.1 Å². The first-order chi connectivity index (χ1) is 12.6. The van der Waals surface area contributed by atoms with Crippen LogP contribution in [0.2, 0.25) is 0 Å². The Balaban J connectivity index is 1.59. The van der Waals surface area contributed by atoms with E-state index in [1.807, 2.05) is 6.92 Å². The first-order valence-electron chi connectivity index (χ1n) is 8.21. The molecular weight excluding hydrogens is 385 g/mol. The van der Waals surface area contributed by atoms with E-state index in [-0.39, 0.29) is 5.91 Å². The van der Waals surface area contributed by atoms with Gasteiger partial charge in [-0.3, -0.25) is 9.59 Å². The van der Waals surface area contributed by atoms with E-state index in [1.165, 1.54) is 28.8 Å². The second kappa shape index (κ2) is 7.06. The first kappa shape index (κ1) is 19.5. The minimum atomic E-state index is -4.62. The van der Waals surface area contributed by atoms with Gasteiger partial charge in [-0.2, -0.15) is 13.2 Å². The largest absolute Gasteiger partial charge is 0.454 e. The van der Waals surface area contributed by atoms with Crippen molar-refractivity contribution in [3.8, 4) is 0 Å². The summed E-state index contributed by atoms with van der Waals surface area (Å²) >= 11 is 1.48. The average molecular weight is 402 g/mol. The third-order valence-electron chi connectivity index (χ3n) is 4.57. The number of nitrogens with one attached hydrogen (secondary N) is 1. The predicted octanol–water partition coefficient (Wildman–Crippen LogP) is 2.64. The third-order valence-corrected chi connectivity index (χ3v) is 6.07. The van der Waals surface area contributed by atoms with Crippen molar-refractivity contribution in [1.29, 1.82) is 0 Å². The number of nitrogens with zero attached hydrogens (tertiary/aromatic N) is 1. The van der Waals surface area contributed by atoms with Gasteiger partial charge in [-0.15, -0.1) is 11.8 Å². The summed E-state index contributed by atoms with van der Waals surface area (Å²) in [6.45, 7) is 1.14. The lowest BCUT2D eigenvalue weighted by molar-refractivity contribution is -0.155. The standard InChI is InChI=1S/C17H17F3N2O4S/c1-16-7-6-14(24)22(16)12(9-27-16)15(25)26-8-13(23)21-11-5-3-2-4-10(11)17(18,19)20/h2-5,12H,6-9H2,1H3,(H,21,23)/t12-,16+/m1/s1. The number of alkyl halides is 3. The Bertz CT molecular complexity index is 786. The quantitative estimate of drug-likeness (QED) is 0.784. The Morgan fingerprint density at radius 3 is 2.78 bits per heavy atom. The number of hydrogen-bond donors (Lipinski definition) is 1. The van der Waals surface area contributed by atoms with E-state index in [2.05, 4.69) is 5.32 Å². The lowest BCUT2D eigenvalue weighted by Gasteiger charge is -2.29. The summed E-state index contributed by atoms with van der Waals surface area (Å²) < 4.78 is 43.8. The van der Waals surface area contributed by atoms with Crippen LogP contribution in [-0.2, 0) is 25.3 Å². The zero-order valence-electron chi connectivity index (χ0n) is 14.3. The smallest absolute Gasteiger partial charge is 0.418 e. The van der Waals surface area contributed by atoms with Gasteiger partial charge < -0.3 is 15.0 Å². The number of esters is 1. The third kappa shape index (κ3) is 3.90. The van der Waals surface area contributed by atoms with Gasteiger partial charge in [-0.25, -0.2) is 4.79 Å². The highest BCUT2D eigenvalue weighted by molar-refractivity contribution is 8.01. The molecule has 2 fully saturated rings. The Morgan fingerprint density at radius 1 is 1.37 bits per heavy atom. The van der Waals surface area contributed by atoms with Gasteiger partial charge in [0.05, 0.1) is 16.1 Å². The number of para-hydroxylation sites is 1. The van der Waals surface area contributed by atoms with Crippen molar-refractivity contribution >= 4 is 35.2 Å². The number of carbonyl (C=O) groups is 3. The molecule has 0 radical (unpaired) electrons. The summed E-state index contributed by atoms with van der Waals surface area (Å²) in [5.74, 6) is -1.41. The van der Waals surface area contributed by atoms with Crippen LogP contribution in [0.3, 0.4) is 0 Å². The summed E-state index contributed by atoms with van der Waals surface area (Å²) in [4.78, 5) is 37.2. The van der Waals surface area contributed by atoms with E-state index in [1.54, 1.807) is 0 Å². The fourth-order valence-electron chi connectivity index (χ4n) is 3.25. The molecule has 0 aliphatic carbocycles. The lowest BCUT2D eigenvalue weighted by Crippen LogP contribution is -2.47. The highest BCUT2D eigenvalue weighted by Gasteiger charge is 2.53. The minimum absolute atomic E-state index is 0.145. The maximum absolute atomic E-state index is 12.9. The molecule has 27 heavy (non-hydrogen) atoms. The summed E-state index contributed by atoms with van der Waals surface area (Å²) in [5, 5.41) is 2.10. The maximum Gasteiger partial charge on any atom is 0.418 e. The zero-order valence-corrected chi connectivity index (χ0v) is 15.2. The van der Waals surface area contributed by atoms with Crippen LogP contribution in [0.5, 0.6) is 0 Å². The number of halogens is 3. The number of thioether (sulfide) groups is 1. The Hall–Kier alpha value is -2.23. The molecule has 10 heteroatoms. The molecule has 146 valence electrons. The molecule has 2 atom stereocenters. The monoisotopic (exact) mass is 402 g/mol. The van der Waals surface area contributed by atoms with E-state index in [0.29, 0.717) is 18.6 Å². The molecular formula is C17H17F3N2O4S. The summed E-state index contributed by atoms with van der Waals surface area (Å²) in [6.07, 6.45) is -3.64. The topological polar surface area (TPSA) is 75.7 Å². The van der Waals surface area contributed by atoms with Crippen LogP contribution in [0.1, 0.15) is 25.3 Å². The number of carbonyl (C=O) groups excluding carboxylic acids is 3. The molecule has 0 aromatic heterocycles. The maximum atomic E-state index is 12.9. The van der Waals surface area contributed by atoms with Gasteiger partial charge in [-0.1, -0.05) is 12.1 Å². The highest BCUT2D eigenvalue weighted by atomic mass is 32.2. The number of anilines is 1. The second-order valence-corrected chi connectivity index (χ2v) is 7.97. The van der Waals surface area contributed by atoms with Crippen LogP contribution < -0.4 is 5.32 Å². The summed E-state index contributed by atoms with van der Waals surface area (Å²) in [7, 11) is 0. The average Bonchev–Trinajstić information content (AvgIpc) is 3.08. The van der Waals surface area contributed by atoms with Gasteiger partial charge in [0.2, 0.25) is 5.91 Å². The molecule has 1 N–H and O–H groups in total. The van der Waals surface area contributed by atoms with Crippen molar-refractivity contribution in [3.05, 3.63) is 29.8 Å². The summed E-state index contributed by atoms with van der Waals surface area (Å²) in [6, 6.07) is 3.74. The van der Waals surface area contributed by atoms with Gasteiger partial charge in [-0.05, 0) is 25.5 Å². The Labute approximate surface area is 157 Å². The van der Waals surface area contributed by atoms with Crippen molar-refractivity contribution < 1.29 is 32.3 Å². The molecule has 2 amide bonds. The number of rotatable bonds is 4. The highest BCUT2D eigenvalue weighted by Crippen LogP contribution is 2.47. The predicted molar refractivity (Wildman–Crippen MR) is 91.8 cm³/mol. The van der Waals surface area contributed by atoms with Gasteiger partial charge in [0, 0.05) is 12.2 Å². The number of fused-ring (bicyclic) bond motifs is 1. The fourth-order valence-corrected chi connectivity index (χ4v) is 4.67. The SMILES string of the molecule is C[C@]12CCC(=O)N1[C@@H](C(=O)OCC(=O)Nc1ccccc1C(F)(F)F)CS2. The van der Waals surface area contributed by atoms with Gasteiger partial charge >= 0.3 is 12.1 Å². The molecule has 3 rings (SSSR count). The van der Waals surface area contributed by atoms with Crippen molar-refractivity contribution in [3.63, 3.8) is 0 Å². The van der Waals surface area contributed by atoms with Gasteiger partial charge in [0.25, 0.3) is 5.91 Å². The molecule has 2 heterocycles. The number of amides is 2. The van der Waals surface area contributed by atoms with Crippen molar-refractivity contribution in [2.75, 3.05) is 17.7 Å². The molecule has 6 nitrogen and oxygen atoms in total. The van der Waals surface area contributed by atoms with E-state index < -0.39 is 46.8 Å². The molecule has 2 aliphatic heterocycles. The van der Waals surface area contributed by atoms with Crippen molar-refractivity contribution in [2.45, 2.75) is 36.9 Å². The fraction of sp³-hybridized carbons (Fsp3) is 0.471. The normalized spacial score (nSPS) is 24.7. The van der Waals surface area contributed by atoms with E-state index in [9.17, 15) is 27.6 Å². The number of hydrogen-bond acceptors (Lipinski definition) is 5. The van der Waals surface area contributed by atoms with E-state index in [4.69, 9.17) is 4.74 Å². The molecule has 1 aromatic carbocycles. The number of benzene rings is 1. The molecule has 0 bridgehead atoms. The number of ether oxygens (including phenoxy) is 1. The van der Waals surface area contributed by atoms with E-state index >= 15 is 0 Å². The van der Waals surface area contributed by atoms with Gasteiger partial charge in [0.15, 0.2) is 6.61 Å². The first-order valence-corrected chi connectivity index (χ1v) is 9.19. The zero-order chi connectivity index (χ0) is 19.8. The molecule has 2 saturated heterocycles. The van der Waals surface area contributed by atoms with Gasteiger partial charge in [0.1, 0.15) is 6.04 Å². The van der Waals surface area contributed by atoms with Crippen LogP contribution >= 0.6 is 11.8 Å². The summed E-state index contributed by atoms with van der Waals surface area (Å²) in [5.41, 5.74) is -1.40. The van der Waals surface area contributed by atoms with Crippen LogP contribution in [0.15, 0.2) is 24.3 Å². The lowest BCUT2D eigenvalue weighted by atomic mass is 10.1.